The highest BCUT2D eigenvalue weighted by molar-refractivity contribution is 5.83. The summed E-state index contributed by atoms with van der Waals surface area (Å²) in [6.07, 6.45) is 3.20. The molecule has 1 aromatic carbocycles. The van der Waals surface area contributed by atoms with Crippen LogP contribution in [0.3, 0.4) is 0 Å². The number of esters is 1. The molecule has 0 unspecified atom stereocenters. The van der Waals surface area contributed by atoms with E-state index in [1.807, 2.05) is 25.4 Å². The average molecular weight is 258 g/mol. The number of benzene rings is 1. The Kier molecular flexibility index (Phi) is 4.36. The summed E-state index contributed by atoms with van der Waals surface area (Å²) in [4.78, 5) is 16.3. The van der Waals surface area contributed by atoms with Crippen LogP contribution < -0.4 is 0 Å². The number of rotatable bonds is 6. The first-order valence-electron chi connectivity index (χ1n) is 6.23. The number of aromatic nitrogens is 1. The van der Waals surface area contributed by atoms with Crippen molar-refractivity contribution in [2.75, 3.05) is 20.2 Å². The maximum absolute atomic E-state index is 10.9. The summed E-state index contributed by atoms with van der Waals surface area (Å²) in [5.74, 6) is -0.375. The topological polar surface area (TPSA) is 45.3 Å². The predicted octanol–water partition coefficient (Wildman–Crippen LogP) is 2.33. The minimum absolute atomic E-state index is 0.375. The predicted molar refractivity (Wildman–Crippen MR) is 75.8 cm³/mol. The van der Waals surface area contributed by atoms with Gasteiger partial charge < -0.3 is 9.72 Å². The van der Waals surface area contributed by atoms with Crippen LogP contribution in [-0.4, -0.2) is 36.1 Å². The molecule has 2 rings (SSSR count). The van der Waals surface area contributed by atoms with Gasteiger partial charge >= 0.3 is 5.97 Å². The van der Waals surface area contributed by atoms with Crippen molar-refractivity contribution >= 4 is 16.9 Å². The summed E-state index contributed by atoms with van der Waals surface area (Å²) in [5, 5.41) is 1.23. The summed E-state index contributed by atoms with van der Waals surface area (Å²) in [6, 6.07) is 8.21. The fourth-order valence-corrected chi connectivity index (χ4v) is 1.99. The maximum atomic E-state index is 10.9. The molecule has 1 heterocycles. The number of likely N-dealkylation sites (N-methyl/N-ethyl adjacent to an activating group) is 1. The fourth-order valence-electron chi connectivity index (χ4n) is 1.99. The van der Waals surface area contributed by atoms with Gasteiger partial charge in [0.05, 0.1) is 0 Å². The molecule has 0 aliphatic rings. The Balaban J connectivity index is 1.90. The van der Waals surface area contributed by atoms with Crippen molar-refractivity contribution in [2.24, 2.45) is 0 Å². The van der Waals surface area contributed by atoms with E-state index >= 15 is 0 Å². The van der Waals surface area contributed by atoms with Crippen molar-refractivity contribution in [1.29, 1.82) is 0 Å². The smallest absolute Gasteiger partial charge is 0.330 e. The van der Waals surface area contributed by atoms with Crippen molar-refractivity contribution < 1.29 is 9.53 Å². The summed E-state index contributed by atoms with van der Waals surface area (Å²) >= 11 is 0. The molecule has 0 aliphatic heterocycles. The van der Waals surface area contributed by atoms with E-state index in [4.69, 9.17) is 4.74 Å². The van der Waals surface area contributed by atoms with Crippen molar-refractivity contribution in [2.45, 2.75) is 6.54 Å². The molecule has 0 spiro atoms. The van der Waals surface area contributed by atoms with Gasteiger partial charge in [0.1, 0.15) is 6.61 Å². The molecule has 0 aliphatic carbocycles. The van der Waals surface area contributed by atoms with Crippen LogP contribution in [0.1, 0.15) is 5.56 Å². The number of hydrogen-bond donors (Lipinski definition) is 1. The summed E-state index contributed by atoms with van der Waals surface area (Å²) < 4.78 is 4.96. The van der Waals surface area contributed by atoms with Crippen LogP contribution >= 0.6 is 0 Å². The third-order valence-electron chi connectivity index (χ3n) is 3.00. The molecule has 1 N–H and O–H groups in total. The van der Waals surface area contributed by atoms with Crippen molar-refractivity contribution in [3.63, 3.8) is 0 Å². The highest BCUT2D eigenvalue weighted by Gasteiger charge is 2.06. The summed E-state index contributed by atoms with van der Waals surface area (Å²) in [7, 11) is 2.00. The third-order valence-corrected chi connectivity index (χ3v) is 3.00. The first-order chi connectivity index (χ1) is 9.20. The lowest BCUT2D eigenvalue weighted by Gasteiger charge is -2.15. The molecule has 19 heavy (non-hydrogen) atoms. The van der Waals surface area contributed by atoms with Gasteiger partial charge in [-0.15, -0.1) is 0 Å². The Labute approximate surface area is 112 Å². The van der Waals surface area contributed by atoms with Gasteiger partial charge in [-0.05, 0) is 18.7 Å². The molecular weight excluding hydrogens is 240 g/mol. The highest BCUT2D eigenvalue weighted by atomic mass is 16.5. The van der Waals surface area contributed by atoms with E-state index in [1.54, 1.807) is 0 Å². The summed E-state index contributed by atoms with van der Waals surface area (Å²) in [5.41, 5.74) is 2.39. The number of para-hydroxylation sites is 1. The molecule has 0 radical (unpaired) electrons. The zero-order valence-corrected chi connectivity index (χ0v) is 11.1. The fraction of sp³-hybridized carbons (Fsp3) is 0.267. The molecule has 0 atom stereocenters. The van der Waals surface area contributed by atoms with E-state index < -0.39 is 0 Å². The van der Waals surface area contributed by atoms with E-state index in [1.165, 1.54) is 17.0 Å². The number of H-pyrrole nitrogens is 1. The molecule has 0 bridgehead atoms. The number of fused-ring (bicyclic) bond motifs is 1. The van der Waals surface area contributed by atoms with E-state index in [-0.39, 0.29) is 5.97 Å². The highest BCUT2D eigenvalue weighted by Crippen LogP contribution is 2.18. The zero-order chi connectivity index (χ0) is 13.7. The normalized spacial score (nSPS) is 10.8. The van der Waals surface area contributed by atoms with Gasteiger partial charge in [0.15, 0.2) is 0 Å². The first-order valence-corrected chi connectivity index (χ1v) is 6.23. The number of carbonyl (C=O) groups is 1. The lowest BCUT2D eigenvalue weighted by atomic mass is 10.2. The number of hydrogen-bond acceptors (Lipinski definition) is 3. The number of nitrogens with zero attached hydrogens (tertiary/aromatic N) is 1. The van der Waals surface area contributed by atoms with Crippen molar-refractivity contribution in [1.82, 2.24) is 9.88 Å². The van der Waals surface area contributed by atoms with Gasteiger partial charge in [-0.1, -0.05) is 24.8 Å². The van der Waals surface area contributed by atoms with Crippen LogP contribution in [0.4, 0.5) is 0 Å². The van der Waals surface area contributed by atoms with Crippen LogP contribution in [0.5, 0.6) is 0 Å². The molecule has 0 fully saturated rings. The van der Waals surface area contributed by atoms with Crippen molar-refractivity contribution in [3.05, 3.63) is 48.7 Å². The quantitative estimate of drug-likeness (QED) is 0.639. The zero-order valence-electron chi connectivity index (χ0n) is 11.1. The first kappa shape index (κ1) is 13.4. The monoisotopic (exact) mass is 258 g/mol. The SMILES string of the molecule is C=CC(=O)OCCN(C)Cc1c[nH]c2ccccc12. The van der Waals surface area contributed by atoms with E-state index in [0.717, 1.165) is 12.1 Å². The Bertz CT molecular complexity index is 574. The molecule has 100 valence electrons. The number of ether oxygens (including phenoxy) is 1. The van der Waals surface area contributed by atoms with Crippen LogP contribution in [-0.2, 0) is 16.1 Å². The minimum Gasteiger partial charge on any atom is -0.461 e. The van der Waals surface area contributed by atoms with Crippen LogP contribution in [0.2, 0.25) is 0 Å². The van der Waals surface area contributed by atoms with Crippen molar-refractivity contribution in [3.8, 4) is 0 Å². The standard InChI is InChI=1S/C15H18N2O2/c1-3-15(18)19-9-8-17(2)11-12-10-16-14-7-5-4-6-13(12)14/h3-7,10,16H,1,8-9,11H2,2H3. The average Bonchev–Trinajstić information content (AvgIpc) is 2.82. The Morgan fingerprint density at radius 1 is 1.47 bits per heavy atom. The second-order valence-corrected chi connectivity index (χ2v) is 4.47. The second kappa shape index (κ2) is 6.20. The van der Waals surface area contributed by atoms with E-state index in [9.17, 15) is 4.79 Å². The minimum atomic E-state index is -0.375. The molecule has 0 amide bonds. The van der Waals surface area contributed by atoms with Crippen LogP contribution in [0, 0.1) is 0 Å². The second-order valence-electron chi connectivity index (χ2n) is 4.47. The van der Waals surface area contributed by atoms with Gasteiger partial charge in [-0.25, -0.2) is 4.79 Å². The molecule has 1 aromatic heterocycles. The van der Waals surface area contributed by atoms with E-state index in [0.29, 0.717) is 13.2 Å². The lowest BCUT2D eigenvalue weighted by Crippen LogP contribution is -2.23. The molecule has 0 saturated carbocycles. The lowest BCUT2D eigenvalue weighted by molar-refractivity contribution is -0.138. The third kappa shape index (κ3) is 3.45. The van der Waals surface area contributed by atoms with Gasteiger partial charge in [-0.2, -0.15) is 0 Å². The largest absolute Gasteiger partial charge is 0.461 e. The summed E-state index contributed by atoms with van der Waals surface area (Å²) in [6.45, 7) is 5.25. The molecule has 4 heteroatoms. The Hall–Kier alpha value is -2.07. The van der Waals surface area contributed by atoms with Gasteiger partial charge in [0, 0.05) is 36.3 Å². The Morgan fingerprint density at radius 2 is 2.26 bits per heavy atom. The molecule has 4 nitrogen and oxygen atoms in total. The molecular formula is C15H18N2O2. The number of nitrogens with one attached hydrogen (secondary N) is 1. The Morgan fingerprint density at radius 3 is 3.05 bits per heavy atom. The molecule has 2 aromatic rings. The van der Waals surface area contributed by atoms with Gasteiger partial charge in [-0.3, -0.25) is 4.90 Å². The number of aromatic amines is 1. The molecule has 0 saturated heterocycles. The van der Waals surface area contributed by atoms with Crippen LogP contribution in [0.25, 0.3) is 10.9 Å². The van der Waals surface area contributed by atoms with E-state index in [2.05, 4.69) is 28.6 Å². The maximum Gasteiger partial charge on any atom is 0.330 e. The van der Waals surface area contributed by atoms with Crippen LogP contribution in [0.15, 0.2) is 43.1 Å². The van der Waals surface area contributed by atoms with Gasteiger partial charge in [0.25, 0.3) is 0 Å². The number of carbonyl (C=O) groups excluding carboxylic acids is 1. The van der Waals surface area contributed by atoms with Gasteiger partial charge in [0.2, 0.25) is 0 Å².